The van der Waals surface area contributed by atoms with E-state index in [2.05, 4.69) is 11.2 Å². The predicted octanol–water partition coefficient (Wildman–Crippen LogP) is -0.0863. The number of carbonyl (C=O) groups is 2. The van der Waals surface area contributed by atoms with Crippen LogP contribution < -0.4 is 15.8 Å². The predicted molar refractivity (Wildman–Crippen MR) is 62.3 cm³/mol. The molecule has 1 rings (SSSR count). The maximum atomic E-state index is 11.2. The Morgan fingerprint density at radius 1 is 1.41 bits per heavy atom. The molecular weight excluding hydrogens is 220 g/mol. The zero-order valence-electron chi connectivity index (χ0n) is 9.10. The second-order valence-electron chi connectivity index (χ2n) is 3.13. The van der Waals surface area contributed by atoms with Crippen LogP contribution in [0.15, 0.2) is 24.3 Å². The van der Waals surface area contributed by atoms with Gasteiger partial charge in [-0.1, -0.05) is 18.1 Å². The van der Waals surface area contributed by atoms with Crippen LogP contribution in [0.2, 0.25) is 0 Å². The van der Waals surface area contributed by atoms with E-state index < -0.39 is 5.91 Å². The number of ether oxygens (including phenoxy) is 1. The number of amides is 2. The van der Waals surface area contributed by atoms with Crippen molar-refractivity contribution in [1.82, 2.24) is 5.32 Å². The number of nitrogens with two attached hydrogens (primary N) is 1. The Morgan fingerprint density at radius 3 is 2.76 bits per heavy atom. The highest BCUT2D eigenvalue weighted by Gasteiger charge is 2.09. The lowest BCUT2D eigenvalue weighted by molar-refractivity contribution is -0.122. The van der Waals surface area contributed by atoms with Crippen molar-refractivity contribution in [2.24, 2.45) is 5.73 Å². The summed E-state index contributed by atoms with van der Waals surface area (Å²) in [5.74, 6) is 1.57. The molecule has 0 fully saturated rings. The number of para-hydroxylation sites is 1. The summed E-state index contributed by atoms with van der Waals surface area (Å²) < 4.78 is 5.18. The van der Waals surface area contributed by atoms with Crippen molar-refractivity contribution in [2.75, 3.05) is 13.2 Å². The Kier molecular flexibility index (Phi) is 4.58. The summed E-state index contributed by atoms with van der Waals surface area (Å²) in [6.45, 7) is -0.0777. The number of primary amides is 1. The maximum Gasteiger partial charge on any atom is 0.258 e. The van der Waals surface area contributed by atoms with Crippen LogP contribution in [0, 0.1) is 12.3 Å². The monoisotopic (exact) mass is 232 g/mol. The SMILES string of the molecule is C#CCNC(=O)COc1ccccc1C(N)=O. The van der Waals surface area contributed by atoms with Crippen molar-refractivity contribution in [3.63, 3.8) is 0 Å². The fourth-order valence-corrected chi connectivity index (χ4v) is 1.14. The van der Waals surface area contributed by atoms with E-state index in [4.69, 9.17) is 16.9 Å². The van der Waals surface area contributed by atoms with E-state index in [9.17, 15) is 9.59 Å². The third-order valence-electron chi connectivity index (χ3n) is 1.90. The molecule has 0 aliphatic carbocycles. The van der Waals surface area contributed by atoms with Gasteiger partial charge >= 0.3 is 0 Å². The zero-order valence-corrected chi connectivity index (χ0v) is 9.10. The number of hydrogen-bond donors (Lipinski definition) is 2. The smallest absolute Gasteiger partial charge is 0.258 e. The molecule has 0 bridgehead atoms. The van der Waals surface area contributed by atoms with Gasteiger partial charge in [0.05, 0.1) is 12.1 Å². The molecule has 0 aliphatic heterocycles. The lowest BCUT2D eigenvalue weighted by Gasteiger charge is -2.08. The first kappa shape index (κ1) is 12.6. The van der Waals surface area contributed by atoms with Gasteiger partial charge < -0.3 is 15.8 Å². The zero-order chi connectivity index (χ0) is 12.7. The molecule has 0 heterocycles. The summed E-state index contributed by atoms with van der Waals surface area (Å²) in [6, 6.07) is 6.43. The fraction of sp³-hybridized carbons (Fsp3) is 0.167. The molecule has 5 heteroatoms. The van der Waals surface area contributed by atoms with E-state index >= 15 is 0 Å². The Hall–Kier alpha value is -2.48. The van der Waals surface area contributed by atoms with Crippen molar-refractivity contribution in [3.05, 3.63) is 29.8 Å². The molecule has 5 nitrogen and oxygen atoms in total. The molecule has 0 saturated carbocycles. The van der Waals surface area contributed by atoms with Crippen LogP contribution in [0.5, 0.6) is 5.75 Å². The van der Waals surface area contributed by atoms with Gasteiger partial charge in [-0.2, -0.15) is 0 Å². The summed E-state index contributed by atoms with van der Waals surface area (Å²) >= 11 is 0. The largest absolute Gasteiger partial charge is 0.483 e. The van der Waals surface area contributed by atoms with Crippen molar-refractivity contribution in [2.45, 2.75) is 0 Å². The van der Waals surface area contributed by atoms with Crippen LogP contribution in [0.1, 0.15) is 10.4 Å². The molecule has 1 aromatic rings. The number of terminal acetylenes is 1. The third-order valence-corrected chi connectivity index (χ3v) is 1.90. The van der Waals surface area contributed by atoms with Crippen LogP contribution in [-0.2, 0) is 4.79 Å². The number of nitrogens with one attached hydrogen (secondary N) is 1. The lowest BCUT2D eigenvalue weighted by Crippen LogP contribution is -2.29. The minimum absolute atomic E-state index is 0.139. The van der Waals surface area contributed by atoms with Gasteiger partial charge in [0.25, 0.3) is 11.8 Å². The maximum absolute atomic E-state index is 11.2. The molecule has 0 atom stereocenters. The van der Waals surface area contributed by atoms with E-state index in [1.54, 1.807) is 18.2 Å². The first-order valence-corrected chi connectivity index (χ1v) is 4.87. The standard InChI is InChI=1S/C12H12N2O3/c1-2-7-14-11(15)8-17-10-6-4-3-5-9(10)12(13)16/h1,3-6H,7-8H2,(H2,13,16)(H,14,15). The van der Waals surface area contributed by atoms with Gasteiger partial charge in [0.1, 0.15) is 5.75 Å². The quantitative estimate of drug-likeness (QED) is 0.696. The highest BCUT2D eigenvalue weighted by Crippen LogP contribution is 2.16. The molecule has 2 amide bonds. The molecule has 3 N–H and O–H groups in total. The first-order valence-electron chi connectivity index (χ1n) is 4.87. The van der Waals surface area contributed by atoms with Gasteiger partial charge in [-0.3, -0.25) is 9.59 Å². The molecule has 1 aromatic carbocycles. The molecule has 0 spiro atoms. The summed E-state index contributed by atoms with van der Waals surface area (Å²) in [6.07, 6.45) is 4.98. The van der Waals surface area contributed by atoms with Crippen LogP contribution in [-0.4, -0.2) is 25.0 Å². The number of hydrogen-bond acceptors (Lipinski definition) is 3. The van der Waals surface area contributed by atoms with Gasteiger partial charge in [-0.25, -0.2) is 0 Å². The highest BCUT2D eigenvalue weighted by molar-refractivity contribution is 5.95. The molecule has 0 aromatic heterocycles. The second kappa shape index (κ2) is 6.18. The molecule has 0 radical (unpaired) electrons. The molecule has 0 saturated heterocycles. The Labute approximate surface area is 98.9 Å². The minimum atomic E-state index is -0.607. The van der Waals surface area contributed by atoms with Crippen molar-refractivity contribution < 1.29 is 14.3 Å². The van der Waals surface area contributed by atoms with Crippen LogP contribution >= 0.6 is 0 Å². The van der Waals surface area contributed by atoms with Crippen LogP contribution in [0.4, 0.5) is 0 Å². The van der Waals surface area contributed by atoms with E-state index in [1.165, 1.54) is 6.07 Å². The van der Waals surface area contributed by atoms with Crippen LogP contribution in [0.3, 0.4) is 0 Å². The van der Waals surface area contributed by atoms with E-state index in [0.717, 1.165) is 0 Å². The highest BCUT2D eigenvalue weighted by atomic mass is 16.5. The van der Waals surface area contributed by atoms with Crippen molar-refractivity contribution >= 4 is 11.8 Å². The van der Waals surface area contributed by atoms with Gasteiger partial charge in [0.2, 0.25) is 0 Å². The minimum Gasteiger partial charge on any atom is -0.483 e. The summed E-state index contributed by atoms with van der Waals surface area (Å²) in [5, 5.41) is 2.44. The third kappa shape index (κ3) is 3.87. The topological polar surface area (TPSA) is 81.4 Å². The molecule has 88 valence electrons. The Morgan fingerprint density at radius 2 is 2.12 bits per heavy atom. The number of benzene rings is 1. The average molecular weight is 232 g/mol. The van der Waals surface area contributed by atoms with E-state index in [1.807, 2.05) is 0 Å². The Bertz CT molecular complexity index is 463. The van der Waals surface area contributed by atoms with Crippen molar-refractivity contribution in [3.8, 4) is 18.1 Å². The van der Waals surface area contributed by atoms with Gasteiger partial charge in [-0.15, -0.1) is 6.42 Å². The first-order chi connectivity index (χ1) is 8.15. The molecular formula is C12H12N2O3. The number of rotatable bonds is 5. The van der Waals surface area contributed by atoms with Crippen molar-refractivity contribution in [1.29, 1.82) is 0 Å². The summed E-state index contributed by atoms with van der Waals surface area (Å²) in [7, 11) is 0. The van der Waals surface area contributed by atoms with Gasteiger partial charge in [0, 0.05) is 0 Å². The normalized spacial score (nSPS) is 9.12. The fourth-order valence-electron chi connectivity index (χ4n) is 1.14. The number of carbonyl (C=O) groups excluding carboxylic acids is 2. The second-order valence-corrected chi connectivity index (χ2v) is 3.13. The molecule has 17 heavy (non-hydrogen) atoms. The van der Waals surface area contributed by atoms with Gasteiger partial charge in [-0.05, 0) is 12.1 Å². The average Bonchev–Trinajstić information content (AvgIpc) is 2.34. The molecule has 0 aliphatic rings. The molecule has 0 unspecified atom stereocenters. The Balaban J connectivity index is 2.61. The van der Waals surface area contributed by atoms with E-state index in [-0.39, 0.29) is 30.4 Å². The lowest BCUT2D eigenvalue weighted by atomic mass is 10.2. The summed E-state index contributed by atoms with van der Waals surface area (Å²) in [4.78, 5) is 22.3. The van der Waals surface area contributed by atoms with Crippen LogP contribution in [0.25, 0.3) is 0 Å². The van der Waals surface area contributed by atoms with E-state index in [0.29, 0.717) is 0 Å². The summed E-state index contributed by atoms with van der Waals surface area (Å²) in [5.41, 5.74) is 5.39. The van der Waals surface area contributed by atoms with Gasteiger partial charge in [0.15, 0.2) is 6.61 Å².